The van der Waals surface area contributed by atoms with Gasteiger partial charge in [0.1, 0.15) is 5.75 Å². The summed E-state index contributed by atoms with van der Waals surface area (Å²) in [5.41, 5.74) is 7.48. The van der Waals surface area contributed by atoms with E-state index in [0.29, 0.717) is 6.42 Å². The molecule has 3 nitrogen and oxygen atoms in total. The molecule has 0 radical (unpaired) electrons. The smallest absolute Gasteiger partial charge is 0.123 e. The molecule has 1 atom stereocenters. The molecule has 0 aliphatic rings. The van der Waals surface area contributed by atoms with E-state index in [1.165, 1.54) is 0 Å². The summed E-state index contributed by atoms with van der Waals surface area (Å²) >= 11 is 0. The Morgan fingerprint density at radius 2 is 1.87 bits per heavy atom. The largest absolute Gasteiger partial charge is 0.507 e. The lowest BCUT2D eigenvalue weighted by molar-refractivity contribution is 0.275. The van der Waals surface area contributed by atoms with E-state index >= 15 is 0 Å². The van der Waals surface area contributed by atoms with Gasteiger partial charge in [0.05, 0.1) is 0 Å². The van der Waals surface area contributed by atoms with Crippen molar-refractivity contribution in [1.82, 2.24) is 0 Å². The van der Waals surface area contributed by atoms with Crippen molar-refractivity contribution < 1.29 is 10.2 Å². The Balaban J connectivity index is 3.03. The highest BCUT2D eigenvalue weighted by Gasteiger charge is 2.14. The number of phenols is 1. The van der Waals surface area contributed by atoms with Crippen LogP contribution in [0.5, 0.6) is 5.75 Å². The van der Waals surface area contributed by atoms with Gasteiger partial charge in [-0.2, -0.15) is 0 Å². The van der Waals surface area contributed by atoms with E-state index in [1.807, 2.05) is 32.0 Å². The lowest BCUT2D eigenvalue weighted by Gasteiger charge is -2.16. The number of aliphatic hydroxyl groups excluding tert-OH is 1. The fourth-order valence-electron chi connectivity index (χ4n) is 1.64. The van der Waals surface area contributed by atoms with Gasteiger partial charge in [-0.3, -0.25) is 0 Å². The van der Waals surface area contributed by atoms with E-state index in [2.05, 4.69) is 0 Å². The Morgan fingerprint density at radius 1 is 1.27 bits per heavy atom. The summed E-state index contributed by atoms with van der Waals surface area (Å²) in [7, 11) is 0. The van der Waals surface area contributed by atoms with Crippen molar-refractivity contribution in [3.63, 3.8) is 0 Å². The normalized spacial score (nSPS) is 13.1. The number of phenolic OH excluding ortho intramolecular Hbond substituents is 1. The maximum Gasteiger partial charge on any atom is 0.123 e. The third-order valence-corrected chi connectivity index (χ3v) is 2.56. The first kappa shape index (κ1) is 12.0. The molecule has 1 aromatic rings. The zero-order chi connectivity index (χ0) is 11.4. The maximum absolute atomic E-state index is 9.99. The standard InChI is InChI=1S/C12H19NO2/c1-8(2)9-4-3-5-10(12(9)15)11(13)6-7-14/h3-5,8,11,14-15H,6-7,13H2,1-2H3. The van der Waals surface area contributed by atoms with E-state index in [1.54, 1.807) is 0 Å². The van der Waals surface area contributed by atoms with Crippen molar-refractivity contribution >= 4 is 0 Å². The highest BCUT2D eigenvalue weighted by molar-refractivity contribution is 5.43. The Kier molecular flexibility index (Phi) is 4.12. The first-order valence-electron chi connectivity index (χ1n) is 5.26. The van der Waals surface area contributed by atoms with Crippen LogP contribution in [-0.2, 0) is 0 Å². The summed E-state index contributed by atoms with van der Waals surface area (Å²) in [5, 5.41) is 18.8. The Bertz CT molecular complexity index is 323. The number of para-hydroxylation sites is 1. The van der Waals surface area contributed by atoms with Crippen LogP contribution < -0.4 is 5.73 Å². The summed E-state index contributed by atoms with van der Waals surface area (Å²) in [4.78, 5) is 0. The van der Waals surface area contributed by atoms with Crippen LogP contribution in [0, 0.1) is 0 Å². The number of benzene rings is 1. The molecule has 0 spiro atoms. The van der Waals surface area contributed by atoms with Gasteiger partial charge in [0.15, 0.2) is 0 Å². The summed E-state index contributed by atoms with van der Waals surface area (Å²) in [6.45, 7) is 4.08. The molecule has 0 bridgehead atoms. The number of aromatic hydroxyl groups is 1. The van der Waals surface area contributed by atoms with Gasteiger partial charge in [0.25, 0.3) is 0 Å². The molecule has 0 heterocycles. The van der Waals surface area contributed by atoms with Crippen molar-refractivity contribution in [2.75, 3.05) is 6.61 Å². The molecule has 15 heavy (non-hydrogen) atoms. The average molecular weight is 209 g/mol. The van der Waals surface area contributed by atoms with Crippen LogP contribution in [0.3, 0.4) is 0 Å². The van der Waals surface area contributed by atoms with Gasteiger partial charge in [-0.25, -0.2) is 0 Å². The van der Waals surface area contributed by atoms with Gasteiger partial charge in [-0.15, -0.1) is 0 Å². The molecule has 0 saturated carbocycles. The predicted octanol–water partition coefficient (Wildman–Crippen LogP) is 1.90. The van der Waals surface area contributed by atoms with Crippen molar-refractivity contribution in [1.29, 1.82) is 0 Å². The van der Waals surface area contributed by atoms with Gasteiger partial charge in [-0.05, 0) is 17.9 Å². The van der Waals surface area contributed by atoms with E-state index in [4.69, 9.17) is 10.8 Å². The predicted molar refractivity (Wildman–Crippen MR) is 60.8 cm³/mol. The molecule has 3 heteroatoms. The van der Waals surface area contributed by atoms with Crippen LogP contribution in [0.15, 0.2) is 18.2 Å². The van der Waals surface area contributed by atoms with Crippen molar-refractivity contribution in [3.8, 4) is 5.75 Å². The molecule has 0 aliphatic heterocycles. The second-order valence-corrected chi connectivity index (χ2v) is 4.06. The molecule has 0 aliphatic carbocycles. The average Bonchev–Trinajstić information content (AvgIpc) is 2.17. The fraction of sp³-hybridized carbons (Fsp3) is 0.500. The first-order chi connectivity index (χ1) is 7.07. The number of hydrogen-bond acceptors (Lipinski definition) is 3. The topological polar surface area (TPSA) is 66.5 Å². The first-order valence-corrected chi connectivity index (χ1v) is 5.26. The maximum atomic E-state index is 9.99. The number of aliphatic hydroxyl groups is 1. The molecular weight excluding hydrogens is 190 g/mol. The summed E-state index contributed by atoms with van der Waals surface area (Å²) in [6, 6.07) is 5.30. The highest BCUT2D eigenvalue weighted by Crippen LogP contribution is 2.32. The monoisotopic (exact) mass is 209 g/mol. The summed E-state index contributed by atoms with van der Waals surface area (Å²) < 4.78 is 0. The molecule has 4 N–H and O–H groups in total. The number of rotatable bonds is 4. The molecule has 0 saturated heterocycles. The molecule has 0 aromatic heterocycles. The summed E-state index contributed by atoms with van der Waals surface area (Å²) in [6.07, 6.45) is 0.467. The fourth-order valence-corrected chi connectivity index (χ4v) is 1.64. The molecular formula is C12H19NO2. The van der Waals surface area contributed by atoms with Gasteiger partial charge >= 0.3 is 0 Å². The SMILES string of the molecule is CC(C)c1cccc(C(N)CCO)c1O. The lowest BCUT2D eigenvalue weighted by Crippen LogP contribution is -2.12. The van der Waals surface area contributed by atoms with Crippen LogP contribution in [0.25, 0.3) is 0 Å². The van der Waals surface area contributed by atoms with Gasteiger partial charge in [0.2, 0.25) is 0 Å². The molecule has 84 valence electrons. The van der Waals surface area contributed by atoms with Crippen molar-refractivity contribution in [2.45, 2.75) is 32.2 Å². The van der Waals surface area contributed by atoms with E-state index in [0.717, 1.165) is 11.1 Å². The van der Waals surface area contributed by atoms with Crippen LogP contribution >= 0.6 is 0 Å². The van der Waals surface area contributed by atoms with E-state index in [9.17, 15) is 5.11 Å². The van der Waals surface area contributed by atoms with Crippen LogP contribution in [0.2, 0.25) is 0 Å². The quantitative estimate of drug-likeness (QED) is 0.709. The number of nitrogens with two attached hydrogens (primary N) is 1. The molecule has 1 unspecified atom stereocenters. The third-order valence-electron chi connectivity index (χ3n) is 2.56. The minimum absolute atomic E-state index is 0.0342. The minimum atomic E-state index is -0.298. The molecule has 1 aromatic carbocycles. The van der Waals surface area contributed by atoms with Crippen molar-refractivity contribution in [3.05, 3.63) is 29.3 Å². The molecule has 1 rings (SSSR count). The Hall–Kier alpha value is -1.06. The zero-order valence-electron chi connectivity index (χ0n) is 9.27. The third kappa shape index (κ3) is 2.70. The molecule has 0 amide bonds. The van der Waals surface area contributed by atoms with E-state index < -0.39 is 0 Å². The van der Waals surface area contributed by atoms with Gasteiger partial charge < -0.3 is 15.9 Å². The second kappa shape index (κ2) is 5.14. The Labute approximate surface area is 90.5 Å². The van der Waals surface area contributed by atoms with Crippen LogP contribution in [0.4, 0.5) is 0 Å². The van der Waals surface area contributed by atoms with E-state index in [-0.39, 0.29) is 24.3 Å². The van der Waals surface area contributed by atoms with Crippen molar-refractivity contribution in [2.24, 2.45) is 5.73 Å². The number of hydrogen-bond donors (Lipinski definition) is 3. The Morgan fingerprint density at radius 3 is 2.40 bits per heavy atom. The van der Waals surface area contributed by atoms with Crippen LogP contribution in [-0.4, -0.2) is 16.8 Å². The van der Waals surface area contributed by atoms with Crippen LogP contribution in [0.1, 0.15) is 43.4 Å². The second-order valence-electron chi connectivity index (χ2n) is 4.06. The van der Waals surface area contributed by atoms with Gasteiger partial charge in [0, 0.05) is 18.2 Å². The highest BCUT2D eigenvalue weighted by atomic mass is 16.3. The van der Waals surface area contributed by atoms with Gasteiger partial charge in [-0.1, -0.05) is 32.0 Å². The molecule has 0 fully saturated rings. The lowest BCUT2D eigenvalue weighted by atomic mass is 9.95. The minimum Gasteiger partial charge on any atom is -0.507 e. The zero-order valence-corrected chi connectivity index (χ0v) is 9.27. The summed E-state index contributed by atoms with van der Waals surface area (Å²) in [5.74, 6) is 0.541.